The van der Waals surface area contributed by atoms with Crippen molar-refractivity contribution < 1.29 is 23.4 Å². The van der Waals surface area contributed by atoms with Crippen molar-refractivity contribution >= 4 is 16.0 Å². The van der Waals surface area contributed by atoms with Gasteiger partial charge in [-0.15, -0.1) is 0 Å². The minimum atomic E-state index is -3.80. The van der Waals surface area contributed by atoms with Crippen LogP contribution in [0.4, 0.5) is 0 Å². The molecule has 0 aliphatic rings. The number of hydrogen-bond acceptors (Lipinski definition) is 4. The standard InChI is InChI=1S/C13H19NO5S/c1-10-3-5-12(6-4-10)20(18,19)14(7-8-15)9-11(2)13(16)17/h3-6,11,15H,7-9H2,1-2H3,(H,16,17). The number of aliphatic carboxylic acids is 1. The van der Waals surface area contributed by atoms with E-state index >= 15 is 0 Å². The highest BCUT2D eigenvalue weighted by molar-refractivity contribution is 7.89. The number of carboxylic acid groups (broad SMARTS) is 1. The quantitative estimate of drug-likeness (QED) is 0.773. The fourth-order valence-electron chi connectivity index (χ4n) is 1.66. The topological polar surface area (TPSA) is 94.9 Å². The summed E-state index contributed by atoms with van der Waals surface area (Å²) in [5.41, 5.74) is 0.927. The Bertz CT molecular complexity index is 553. The van der Waals surface area contributed by atoms with Gasteiger partial charge in [0.15, 0.2) is 0 Å². The van der Waals surface area contributed by atoms with Crippen LogP contribution in [0.1, 0.15) is 12.5 Å². The molecule has 0 saturated carbocycles. The van der Waals surface area contributed by atoms with E-state index in [9.17, 15) is 13.2 Å². The number of sulfonamides is 1. The molecule has 0 fully saturated rings. The lowest BCUT2D eigenvalue weighted by Crippen LogP contribution is -2.38. The summed E-state index contributed by atoms with van der Waals surface area (Å²) >= 11 is 0. The molecule has 1 aromatic carbocycles. The largest absolute Gasteiger partial charge is 0.481 e. The Morgan fingerprint density at radius 2 is 1.85 bits per heavy atom. The number of hydrogen-bond donors (Lipinski definition) is 2. The van der Waals surface area contributed by atoms with Crippen LogP contribution in [0.15, 0.2) is 29.2 Å². The Balaban J connectivity index is 3.05. The van der Waals surface area contributed by atoms with Gasteiger partial charge in [0.1, 0.15) is 0 Å². The molecule has 1 atom stereocenters. The molecule has 6 nitrogen and oxygen atoms in total. The van der Waals surface area contributed by atoms with E-state index in [1.54, 1.807) is 12.1 Å². The van der Waals surface area contributed by atoms with Gasteiger partial charge in [-0.2, -0.15) is 4.31 Å². The first-order valence-corrected chi connectivity index (χ1v) is 7.63. The monoisotopic (exact) mass is 301 g/mol. The maximum absolute atomic E-state index is 12.4. The molecule has 0 aliphatic carbocycles. The van der Waals surface area contributed by atoms with Gasteiger partial charge < -0.3 is 10.2 Å². The van der Waals surface area contributed by atoms with Crippen LogP contribution in [0, 0.1) is 12.8 Å². The van der Waals surface area contributed by atoms with Gasteiger partial charge in [0.2, 0.25) is 10.0 Å². The number of carbonyl (C=O) groups is 1. The Morgan fingerprint density at radius 3 is 2.30 bits per heavy atom. The summed E-state index contributed by atoms with van der Waals surface area (Å²) in [6.45, 7) is 2.60. The molecule has 0 heterocycles. The number of nitrogens with zero attached hydrogens (tertiary/aromatic N) is 1. The van der Waals surface area contributed by atoms with E-state index in [-0.39, 0.29) is 24.6 Å². The molecule has 0 saturated heterocycles. The second kappa shape index (κ2) is 6.83. The van der Waals surface area contributed by atoms with Crippen molar-refractivity contribution in [2.45, 2.75) is 18.7 Å². The van der Waals surface area contributed by atoms with Gasteiger partial charge in [-0.05, 0) is 19.1 Å². The second-order valence-electron chi connectivity index (χ2n) is 4.64. The molecule has 1 rings (SSSR count). The van der Waals surface area contributed by atoms with Crippen LogP contribution in [0.2, 0.25) is 0 Å². The SMILES string of the molecule is Cc1ccc(S(=O)(=O)N(CCO)CC(C)C(=O)O)cc1. The van der Waals surface area contributed by atoms with Crippen molar-refractivity contribution in [3.8, 4) is 0 Å². The third kappa shape index (κ3) is 4.03. The van der Waals surface area contributed by atoms with Crippen molar-refractivity contribution in [1.82, 2.24) is 4.31 Å². The molecule has 0 spiro atoms. The van der Waals surface area contributed by atoms with Gasteiger partial charge in [-0.25, -0.2) is 8.42 Å². The molecule has 0 radical (unpaired) electrons. The van der Waals surface area contributed by atoms with E-state index < -0.39 is 21.9 Å². The summed E-state index contributed by atoms with van der Waals surface area (Å²) < 4.78 is 25.8. The molecule has 0 amide bonds. The zero-order chi connectivity index (χ0) is 15.3. The predicted molar refractivity (Wildman–Crippen MR) is 73.8 cm³/mol. The number of benzene rings is 1. The van der Waals surface area contributed by atoms with Gasteiger partial charge in [-0.3, -0.25) is 4.79 Å². The minimum Gasteiger partial charge on any atom is -0.481 e. The van der Waals surface area contributed by atoms with E-state index in [1.165, 1.54) is 19.1 Å². The maximum atomic E-state index is 12.4. The highest BCUT2D eigenvalue weighted by Gasteiger charge is 2.27. The van der Waals surface area contributed by atoms with Crippen LogP contribution in [-0.4, -0.2) is 48.6 Å². The normalized spacial score (nSPS) is 13.4. The average molecular weight is 301 g/mol. The number of aryl methyl sites for hydroxylation is 1. The molecule has 7 heteroatoms. The van der Waals surface area contributed by atoms with E-state index in [1.807, 2.05) is 6.92 Å². The predicted octanol–water partition coefficient (Wildman–Crippen LogP) is 0.699. The highest BCUT2D eigenvalue weighted by atomic mass is 32.2. The summed E-state index contributed by atoms with van der Waals surface area (Å²) in [7, 11) is -3.80. The molecule has 0 aliphatic heterocycles. The maximum Gasteiger partial charge on any atom is 0.307 e. The van der Waals surface area contributed by atoms with Gasteiger partial charge >= 0.3 is 5.97 Å². The highest BCUT2D eigenvalue weighted by Crippen LogP contribution is 2.17. The van der Waals surface area contributed by atoms with Crippen LogP contribution in [-0.2, 0) is 14.8 Å². The van der Waals surface area contributed by atoms with Gasteiger partial charge in [-0.1, -0.05) is 24.6 Å². The van der Waals surface area contributed by atoms with E-state index in [4.69, 9.17) is 10.2 Å². The molecule has 2 N–H and O–H groups in total. The Labute approximate surface area is 118 Å². The van der Waals surface area contributed by atoms with E-state index in [2.05, 4.69) is 0 Å². The van der Waals surface area contributed by atoms with Crippen molar-refractivity contribution in [2.75, 3.05) is 19.7 Å². The van der Waals surface area contributed by atoms with Crippen molar-refractivity contribution in [3.63, 3.8) is 0 Å². The van der Waals surface area contributed by atoms with Crippen LogP contribution < -0.4 is 0 Å². The first-order valence-electron chi connectivity index (χ1n) is 6.19. The lowest BCUT2D eigenvalue weighted by molar-refractivity contribution is -0.141. The molecular formula is C13H19NO5S. The summed E-state index contributed by atoms with van der Waals surface area (Å²) in [5.74, 6) is -1.92. The van der Waals surface area contributed by atoms with Gasteiger partial charge in [0.05, 0.1) is 17.4 Å². The smallest absolute Gasteiger partial charge is 0.307 e. The zero-order valence-electron chi connectivity index (χ0n) is 11.5. The minimum absolute atomic E-state index is 0.0918. The van der Waals surface area contributed by atoms with Gasteiger partial charge in [0.25, 0.3) is 0 Å². The molecule has 112 valence electrons. The van der Waals surface area contributed by atoms with E-state index in [0.29, 0.717) is 0 Å². The van der Waals surface area contributed by atoms with Crippen LogP contribution in [0.25, 0.3) is 0 Å². The van der Waals surface area contributed by atoms with Crippen molar-refractivity contribution in [2.24, 2.45) is 5.92 Å². The molecule has 1 unspecified atom stereocenters. The molecule has 1 aromatic rings. The number of carboxylic acids is 1. The Morgan fingerprint density at radius 1 is 1.30 bits per heavy atom. The van der Waals surface area contributed by atoms with Crippen LogP contribution in [0.5, 0.6) is 0 Å². The molecular weight excluding hydrogens is 282 g/mol. The molecule has 0 aromatic heterocycles. The first kappa shape index (κ1) is 16.6. The summed E-state index contributed by atoms with van der Waals surface area (Å²) in [4.78, 5) is 11.0. The van der Waals surface area contributed by atoms with E-state index in [0.717, 1.165) is 9.87 Å². The summed E-state index contributed by atoms with van der Waals surface area (Å²) in [6, 6.07) is 6.29. The second-order valence-corrected chi connectivity index (χ2v) is 6.58. The third-order valence-electron chi connectivity index (χ3n) is 2.91. The Kier molecular flexibility index (Phi) is 5.67. The fraction of sp³-hybridized carbons (Fsp3) is 0.462. The third-order valence-corrected chi connectivity index (χ3v) is 4.79. The summed E-state index contributed by atoms with van der Waals surface area (Å²) in [5, 5.41) is 17.9. The first-order chi connectivity index (χ1) is 9.28. The Hall–Kier alpha value is -1.44. The average Bonchev–Trinajstić information content (AvgIpc) is 2.38. The van der Waals surface area contributed by atoms with Gasteiger partial charge in [0, 0.05) is 13.1 Å². The number of rotatable bonds is 7. The fourth-order valence-corrected chi connectivity index (χ4v) is 3.18. The lowest BCUT2D eigenvalue weighted by Gasteiger charge is -2.23. The molecule has 0 bridgehead atoms. The van der Waals surface area contributed by atoms with Crippen LogP contribution >= 0.6 is 0 Å². The number of aliphatic hydroxyl groups is 1. The van der Waals surface area contributed by atoms with Crippen molar-refractivity contribution in [3.05, 3.63) is 29.8 Å². The lowest BCUT2D eigenvalue weighted by atomic mass is 10.2. The number of aliphatic hydroxyl groups excluding tert-OH is 1. The molecule has 20 heavy (non-hydrogen) atoms. The summed E-state index contributed by atoms with van der Waals surface area (Å²) in [6.07, 6.45) is 0. The van der Waals surface area contributed by atoms with Crippen molar-refractivity contribution in [1.29, 1.82) is 0 Å². The zero-order valence-corrected chi connectivity index (χ0v) is 12.3. The van der Waals surface area contributed by atoms with Crippen LogP contribution in [0.3, 0.4) is 0 Å².